The maximum atomic E-state index is 12.7. The first-order valence-electron chi connectivity index (χ1n) is 5.56. The lowest BCUT2D eigenvalue weighted by Crippen LogP contribution is -2.07. The van der Waals surface area contributed by atoms with Gasteiger partial charge in [-0.3, -0.25) is 4.98 Å². The van der Waals surface area contributed by atoms with E-state index >= 15 is 0 Å². The predicted molar refractivity (Wildman–Crippen MR) is 78.4 cm³/mol. The number of rotatable bonds is 3. The van der Waals surface area contributed by atoms with Crippen LogP contribution in [-0.2, 0) is 12.7 Å². The minimum absolute atomic E-state index is 0.377. The summed E-state index contributed by atoms with van der Waals surface area (Å²) in [6.07, 6.45) is -1.07. The van der Waals surface area contributed by atoms with Gasteiger partial charge in [0, 0.05) is 33.6 Å². The van der Waals surface area contributed by atoms with Gasteiger partial charge in [0.15, 0.2) is 0 Å². The summed E-state index contributed by atoms with van der Waals surface area (Å²) in [6, 6.07) is 5.57. The lowest BCUT2D eigenvalue weighted by atomic mass is 10.2. The average molecular weight is 410 g/mol. The van der Waals surface area contributed by atoms with Gasteiger partial charge in [-0.05, 0) is 45.8 Å². The van der Waals surface area contributed by atoms with Crippen molar-refractivity contribution in [2.75, 3.05) is 5.32 Å². The highest BCUT2D eigenvalue weighted by Gasteiger charge is 2.31. The number of anilines is 1. The molecule has 0 aliphatic carbocycles. The summed E-state index contributed by atoms with van der Waals surface area (Å²) < 4.78 is 39.3. The third-order valence-corrected chi connectivity index (χ3v) is 3.37. The first-order chi connectivity index (χ1) is 9.34. The Morgan fingerprint density at radius 1 is 1.00 bits per heavy atom. The quantitative estimate of drug-likeness (QED) is 0.749. The third kappa shape index (κ3) is 4.21. The van der Waals surface area contributed by atoms with E-state index in [1.807, 2.05) is 6.07 Å². The number of nitrogens with zero attached hydrogens (tertiary/aromatic N) is 1. The van der Waals surface area contributed by atoms with Crippen LogP contribution in [0.25, 0.3) is 0 Å². The largest absolute Gasteiger partial charge is 0.416 e. The van der Waals surface area contributed by atoms with Crippen molar-refractivity contribution < 1.29 is 13.2 Å². The standard InChI is InChI=1S/C13H9Br2F3N2/c14-10-2-9(13(16,17)18)3-12(4-10)20-6-8-1-11(15)7-19-5-8/h1-5,7,20H,6H2. The van der Waals surface area contributed by atoms with Crippen LogP contribution in [0.5, 0.6) is 0 Å². The molecule has 106 valence electrons. The molecule has 0 amide bonds. The van der Waals surface area contributed by atoms with Gasteiger partial charge in [-0.25, -0.2) is 0 Å². The first-order valence-corrected chi connectivity index (χ1v) is 7.14. The van der Waals surface area contributed by atoms with Gasteiger partial charge in [-0.2, -0.15) is 13.2 Å². The smallest absolute Gasteiger partial charge is 0.381 e. The summed E-state index contributed by atoms with van der Waals surface area (Å²) in [5.41, 5.74) is 0.571. The maximum Gasteiger partial charge on any atom is 0.416 e. The molecular formula is C13H9Br2F3N2. The molecule has 0 radical (unpaired) electrons. The van der Waals surface area contributed by atoms with Crippen LogP contribution in [0.3, 0.4) is 0 Å². The van der Waals surface area contributed by atoms with E-state index in [-0.39, 0.29) is 0 Å². The van der Waals surface area contributed by atoms with E-state index in [4.69, 9.17) is 0 Å². The Morgan fingerprint density at radius 3 is 2.40 bits per heavy atom. The van der Waals surface area contributed by atoms with Crippen molar-refractivity contribution in [1.29, 1.82) is 0 Å². The highest BCUT2D eigenvalue weighted by Crippen LogP contribution is 2.33. The van der Waals surface area contributed by atoms with Crippen molar-refractivity contribution in [1.82, 2.24) is 4.98 Å². The van der Waals surface area contributed by atoms with E-state index in [0.29, 0.717) is 16.7 Å². The minimum atomic E-state index is -4.36. The van der Waals surface area contributed by atoms with Gasteiger partial charge in [0.1, 0.15) is 0 Å². The first kappa shape index (κ1) is 15.3. The zero-order valence-electron chi connectivity index (χ0n) is 10.0. The van der Waals surface area contributed by atoms with E-state index in [1.54, 1.807) is 18.5 Å². The summed E-state index contributed by atoms with van der Waals surface area (Å²) in [4.78, 5) is 3.99. The van der Waals surface area contributed by atoms with Crippen molar-refractivity contribution in [3.63, 3.8) is 0 Å². The molecule has 2 nitrogen and oxygen atoms in total. The molecule has 1 N–H and O–H groups in total. The molecular weight excluding hydrogens is 401 g/mol. The second-order valence-electron chi connectivity index (χ2n) is 4.09. The molecule has 20 heavy (non-hydrogen) atoms. The van der Waals surface area contributed by atoms with E-state index < -0.39 is 11.7 Å². The molecule has 1 heterocycles. The second kappa shape index (κ2) is 6.13. The third-order valence-electron chi connectivity index (χ3n) is 2.48. The summed E-state index contributed by atoms with van der Waals surface area (Å²) in [7, 11) is 0. The summed E-state index contributed by atoms with van der Waals surface area (Å²) >= 11 is 6.37. The molecule has 0 aliphatic rings. The molecule has 2 aromatic rings. The van der Waals surface area contributed by atoms with Crippen LogP contribution in [0.1, 0.15) is 11.1 Å². The SMILES string of the molecule is FC(F)(F)c1cc(Br)cc(NCc2cncc(Br)c2)c1. The minimum Gasteiger partial charge on any atom is -0.381 e. The molecule has 0 saturated heterocycles. The normalized spacial score (nSPS) is 11.4. The number of benzene rings is 1. The Kier molecular flexibility index (Phi) is 4.70. The van der Waals surface area contributed by atoms with E-state index in [1.165, 1.54) is 0 Å². The highest BCUT2D eigenvalue weighted by molar-refractivity contribution is 9.10. The molecule has 1 aromatic heterocycles. The van der Waals surface area contributed by atoms with Crippen LogP contribution < -0.4 is 5.32 Å². The Bertz CT molecular complexity index is 615. The zero-order valence-corrected chi connectivity index (χ0v) is 13.2. The Morgan fingerprint density at radius 2 is 1.75 bits per heavy atom. The number of aromatic nitrogens is 1. The number of hydrogen-bond donors (Lipinski definition) is 1. The average Bonchev–Trinajstić information content (AvgIpc) is 2.35. The monoisotopic (exact) mass is 408 g/mol. The number of hydrogen-bond acceptors (Lipinski definition) is 2. The molecule has 0 spiro atoms. The molecule has 0 atom stereocenters. The topological polar surface area (TPSA) is 24.9 Å². The fourth-order valence-corrected chi connectivity index (χ4v) is 2.52. The molecule has 0 fully saturated rings. The van der Waals surface area contributed by atoms with Gasteiger partial charge in [0.2, 0.25) is 0 Å². The maximum absolute atomic E-state index is 12.7. The van der Waals surface area contributed by atoms with E-state index in [0.717, 1.165) is 22.2 Å². The van der Waals surface area contributed by atoms with Crippen LogP contribution in [-0.4, -0.2) is 4.98 Å². The lowest BCUT2D eigenvalue weighted by Gasteiger charge is -2.12. The molecule has 0 saturated carbocycles. The van der Waals surface area contributed by atoms with Crippen molar-refractivity contribution in [3.05, 3.63) is 56.7 Å². The van der Waals surface area contributed by atoms with Gasteiger partial charge in [0.25, 0.3) is 0 Å². The summed E-state index contributed by atoms with van der Waals surface area (Å²) in [5, 5.41) is 2.95. The number of halogens is 5. The van der Waals surface area contributed by atoms with Crippen LogP contribution in [0.15, 0.2) is 45.6 Å². The number of alkyl halides is 3. The van der Waals surface area contributed by atoms with Crippen molar-refractivity contribution in [2.45, 2.75) is 12.7 Å². The summed E-state index contributed by atoms with van der Waals surface area (Å²) in [5.74, 6) is 0. The van der Waals surface area contributed by atoms with Gasteiger partial charge in [-0.15, -0.1) is 0 Å². The van der Waals surface area contributed by atoms with E-state index in [9.17, 15) is 13.2 Å². The second-order valence-corrected chi connectivity index (χ2v) is 5.92. The van der Waals surface area contributed by atoms with Crippen LogP contribution >= 0.6 is 31.9 Å². The fraction of sp³-hybridized carbons (Fsp3) is 0.154. The van der Waals surface area contributed by atoms with Gasteiger partial charge in [0.05, 0.1) is 5.56 Å². The van der Waals surface area contributed by atoms with Gasteiger partial charge < -0.3 is 5.32 Å². The highest BCUT2D eigenvalue weighted by atomic mass is 79.9. The van der Waals surface area contributed by atoms with Gasteiger partial charge >= 0.3 is 6.18 Å². The Hall–Kier alpha value is -1.08. The zero-order chi connectivity index (χ0) is 14.8. The lowest BCUT2D eigenvalue weighted by molar-refractivity contribution is -0.137. The molecule has 0 unspecified atom stereocenters. The van der Waals surface area contributed by atoms with Crippen LogP contribution in [0, 0.1) is 0 Å². The van der Waals surface area contributed by atoms with Crippen molar-refractivity contribution in [2.24, 2.45) is 0 Å². The predicted octanol–water partition coefficient (Wildman–Crippen LogP) is 5.24. The van der Waals surface area contributed by atoms with E-state index in [2.05, 4.69) is 42.2 Å². The number of nitrogens with one attached hydrogen (secondary N) is 1. The van der Waals surface area contributed by atoms with Crippen molar-refractivity contribution >= 4 is 37.5 Å². The fourth-order valence-electron chi connectivity index (χ4n) is 1.61. The Labute approximate surface area is 130 Å². The van der Waals surface area contributed by atoms with Crippen molar-refractivity contribution in [3.8, 4) is 0 Å². The number of pyridine rings is 1. The molecule has 1 aromatic carbocycles. The van der Waals surface area contributed by atoms with Crippen LogP contribution in [0.2, 0.25) is 0 Å². The molecule has 2 rings (SSSR count). The van der Waals surface area contributed by atoms with Gasteiger partial charge in [-0.1, -0.05) is 15.9 Å². The van der Waals surface area contributed by atoms with Crippen LogP contribution in [0.4, 0.5) is 18.9 Å². The molecule has 7 heteroatoms. The molecule has 0 aliphatic heterocycles. The Balaban J connectivity index is 2.16. The summed E-state index contributed by atoms with van der Waals surface area (Å²) in [6.45, 7) is 0.389. The molecule has 0 bridgehead atoms.